The first kappa shape index (κ1) is 15.7. The molecule has 0 saturated carbocycles. The summed E-state index contributed by atoms with van der Waals surface area (Å²) in [6, 6.07) is 10.3. The second-order valence-corrected chi connectivity index (χ2v) is 5.33. The van der Waals surface area contributed by atoms with Crippen molar-refractivity contribution in [2.45, 2.75) is 6.92 Å². The molecule has 2 aromatic rings. The summed E-state index contributed by atoms with van der Waals surface area (Å²) in [5.41, 5.74) is 8.99. The number of carbonyl (C=O) groups excluding carboxylic acids is 2. The molecule has 0 atom stereocenters. The van der Waals surface area contributed by atoms with Crippen LogP contribution in [0.15, 0.2) is 41.5 Å². The smallest absolute Gasteiger partial charge is 0.341 e. The zero-order chi connectivity index (χ0) is 15.9. The van der Waals surface area contributed by atoms with E-state index in [0.29, 0.717) is 21.0 Å². The van der Waals surface area contributed by atoms with Gasteiger partial charge in [0.15, 0.2) is 0 Å². The average Bonchev–Trinajstić information content (AvgIpc) is 2.89. The van der Waals surface area contributed by atoms with Crippen LogP contribution in [0, 0.1) is 0 Å². The second kappa shape index (κ2) is 7.37. The Morgan fingerprint density at radius 1 is 1.36 bits per heavy atom. The number of hydrogen-bond donors (Lipinski definition) is 2. The summed E-state index contributed by atoms with van der Waals surface area (Å²) in [5, 5.41) is 4.21. The summed E-state index contributed by atoms with van der Waals surface area (Å²) < 4.78 is 4.90. The quantitative estimate of drug-likeness (QED) is 0.502. The molecule has 1 heterocycles. The van der Waals surface area contributed by atoms with Gasteiger partial charge in [-0.2, -0.15) is 5.10 Å². The Balaban J connectivity index is 2.00. The number of hydrogen-bond acceptors (Lipinski definition) is 6. The summed E-state index contributed by atoms with van der Waals surface area (Å²) in [6.45, 7) is 2.01. The number of hydrazone groups is 1. The van der Waals surface area contributed by atoms with Crippen molar-refractivity contribution < 1.29 is 14.3 Å². The highest BCUT2D eigenvalue weighted by atomic mass is 32.1. The third-order valence-corrected chi connectivity index (χ3v) is 3.57. The topological polar surface area (TPSA) is 93.8 Å². The number of amides is 1. The van der Waals surface area contributed by atoms with Crippen molar-refractivity contribution in [3.63, 3.8) is 0 Å². The predicted molar refractivity (Wildman–Crippen MR) is 86.2 cm³/mol. The molecule has 0 aliphatic carbocycles. The molecule has 0 radical (unpaired) electrons. The number of benzene rings is 1. The standard InChI is InChI=1S/C15H15N3O3S/c1-2-21-15(20)12-8-11(22-13(12)16)9-17-18-14(19)10-6-4-3-5-7-10/h3-9H,2,16H2,1H3,(H,18,19). The Bertz CT molecular complexity index is 695. The lowest BCUT2D eigenvalue weighted by molar-refractivity contribution is 0.0528. The maximum absolute atomic E-state index is 11.8. The fraction of sp³-hybridized carbons (Fsp3) is 0.133. The predicted octanol–water partition coefficient (Wildman–Crippen LogP) is 2.27. The molecule has 0 saturated heterocycles. The lowest BCUT2D eigenvalue weighted by Gasteiger charge is -1.98. The molecule has 1 aromatic heterocycles. The summed E-state index contributed by atoms with van der Waals surface area (Å²) in [7, 11) is 0. The molecule has 0 fully saturated rings. The van der Waals surface area contributed by atoms with Gasteiger partial charge in [-0.05, 0) is 25.1 Å². The van der Waals surface area contributed by atoms with E-state index in [2.05, 4.69) is 10.5 Å². The molecular formula is C15H15N3O3S. The highest BCUT2D eigenvalue weighted by molar-refractivity contribution is 7.17. The van der Waals surface area contributed by atoms with Crippen LogP contribution < -0.4 is 11.2 Å². The van der Waals surface area contributed by atoms with Crippen LogP contribution in [-0.4, -0.2) is 24.7 Å². The van der Waals surface area contributed by atoms with Crippen molar-refractivity contribution in [3.05, 3.63) is 52.4 Å². The van der Waals surface area contributed by atoms with E-state index in [-0.39, 0.29) is 12.5 Å². The lowest BCUT2D eigenvalue weighted by Crippen LogP contribution is -2.17. The van der Waals surface area contributed by atoms with E-state index in [9.17, 15) is 9.59 Å². The number of nitrogens with zero attached hydrogens (tertiary/aromatic N) is 1. The molecule has 0 aliphatic heterocycles. The van der Waals surface area contributed by atoms with E-state index >= 15 is 0 Å². The van der Waals surface area contributed by atoms with E-state index < -0.39 is 5.97 Å². The van der Waals surface area contributed by atoms with Crippen LogP contribution in [0.25, 0.3) is 0 Å². The Morgan fingerprint density at radius 2 is 2.09 bits per heavy atom. The minimum absolute atomic E-state index is 0.282. The highest BCUT2D eigenvalue weighted by Gasteiger charge is 2.14. The Kier molecular flexibility index (Phi) is 5.26. The number of thiophene rings is 1. The van der Waals surface area contributed by atoms with Gasteiger partial charge in [-0.1, -0.05) is 18.2 Å². The van der Waals surface area contributed by atoms with Crippen LogP contribution in [0.3, 0.4) is 0 Å². The number of carbonyl (C=O) groups is 2. The maximum atomic E-state index is 11.8. The molecule has 0 bridgehead atoms. The first-order chi connectivity index (χ1) is 10.6. The van der Waals surface area contributed by atoms with Crippen molar-refractivity contribution in [2.24, 2.45) is 5.10 Å². The van der Waals surface area contributed by atoms with Gasteiger partial charge in [-0.3, -0.25) is 4.79 Å². The molecule has 2 rings (SSSR count). The summed E-state index contributed by atoms with van der Waals surface area (Å²) in [6.07, 6.45) is 1.44. The molecule has 1 amide bonds. The second-order valence-electron chi connectivity index (χ2n) is 4.21. The maximum Gasteiger partial charge on any atom is 0.341 e. The third kappa shape index (κ3) is 3.92. The van der Waals surface area contributed by atoms with Crippen LogP contribution >= 0.6 is 11.3 Å². The minimum atomic E-state index is -0.468. The number of rotatable bonds is 5. The molecule has 0 aliphatic rings. The van der Waals surface area contributed by atoms with Crippen LogP contribution in [0.4, 0.5) is 5.00 Å². The number of nitrogen functional groups attached to an aromatic ring is 1. The van der Waals surface area contributed by atoms with Gasteiger partial charge >= 0.3 is 5.97 Å². The molecule has 114 valence electrons. The number of anilines is 1. The van der Waals surface area contributed by atoms with E-state index in [1.165, 1.54) is 17.6 Å². The van der Waals surface area contributed by atoms with Crippen LogP contribution in [0.5, 0.6) is 0 Å². The SMILES string of the molecule is CCOC(=O)c1cc(C=NNC(=O)c2ccccc2)sc1N. The molecule has 0 spiro atoms. The first-order valence-corrected chi connectivity index (χ1v) is 7.38. The normalized spacial score (nSPS) is 10.6. The zero-order valence-corrected chi connectivity index (χ0v) is 12.7. The van der Waals surface area contributed by atoms with Crippen molar-refractivity contribution in [3.8, 4) is 0 Å². The van der Waals surface area contributed by atoms with Gasteiger partial charge in [0.25, 0.3) is 5.91 Å². The number of nitrogens with two attached hydrogens (primary N) is 1. The molecular weight excluding hydrogens is 302 g/mol. The zero-order valence-electron chi connectivity index (χ0n) is 11.9. The highest BCUT2D eigenvalue weighted by Crippen LogP contribution is 2.24. The van der Waals surface area contributed by atoms with E-state index in [1.807, 2.05) is 6.07 Å². The fourth-order valence-corrected chi connectivity index (χ4v) is 2.45. The van der Waals surface area contributed by atoms with Crippen LogP contribution in [0.2, 0.25) is 0 Å². The Morgan fingerprint density at radius 3 is 2.77 bits per heavy atom. The van der Waals surface area contributed by atoms with E-state index in [0.717, 1.165) is 0 Å². The van der Waals surface area contributed by atoms with Gasteiger partial charge in [-0.25, -0.2) is 10.2 Å². The lowest BCUT2D eigenvalue weighted by atomic mass is 10.2. The average molecular weight is 317 g/mol. The molecule has 22 heavy (non-hydrogen) atoms. The number of nitrogens with one attached hydrogen (secondary N) is 1. The van der Waals surface area contributed by atoms with Crippen molar-refractivity contribution in [2.75, 3.05) is 12.3 Å². The Labute approximate surface area is 131 Å². The van der Waals surface area contributed by atoms with Crippen LogP contribution in [0.1, 0.15) is 32.5 Å². The molecule has 0 unspecified atom stereocenters. The van der Waals surface area contributed by atoms with Crippen LogP contribution in [-0.2, 0) is 4.74 Å². The van der Waals surface area contributed by atoms with E-state index in [1.54, 1.807) is 37.3 Å². The first-order valence-electron chi connectivity index (χ1n) is 6.56. The van der Waals surface area contributed by atoms with Crippen molar-refractivity contribution >= 4 is 34.4 Å². The van der Waals surface area contributed by atoms with Gasteiger partial charge in [0.1, 0.15) is 5.00 Å². The largest absolute Gasteiger partial charge is 0.462 e. The van der Waals surface area contributed by atoms with Gasteiger partial charge in [-0.15, -0.1) is 11.3 Å². The summed E-state index contributed by atoms with van der Waals surface area (Å²) in [5.74, 6) is -0.781. The summed E-state index contributed by atoms with van der Waals surface area (Å²) in [4.78, 5) is 24.1. The Hall–Kier alpha value is -2.67. The number of esters is 1. The number of ether oxygens (including phenoxy) is 1. The molecule has 3 N–H and O–H groups in total. The van der Waals surface area contributed by atoms with Crippen molar-refractivity contribution in [1.29, 1.82) is 0 Å². The minimum Gasteiger partial charge on any atom is -0.462 e. The summed E-state index contributed by atoms with van der Waals surface area (Å²) >= 11 is 1.19. The van der Waals surface area contributed by atoms with E-state index in [4.69, 9.17) is 10.5 Å². The molecule has 1 aromatic carbocycles. The molecule has 7 heteroatoms. The van der Waals surface area contributed by atoms with Gasteiger partial charge in [0.2, 0.25) is 0 Å². The van der Waals surface area contributed by atoms with Gasteiger partial charge in [0.05, 0.1) is 23.3 Å². The van der Waals surface area contributed by atoms with Crippen molar-refractivity contribution in [1.82, 2.24) is 5.43 Å². The van der Waals surface area contributed by atoms with Gasteiger partial charge in [0, 0.05) is 5.56 Å². The monoisotopic (exact) mass is 317 g/mol. The third-order valence-electron chi connectivity index (χ3n) is 2.67. The fourth-order valence-electron chi connectivity index (χ4n) is 1.67. The van der Waals surface area contributed by atoms with Gasteiger partial charge < -0.3 is 10.5 Å². The molecule has 6 nitrogen and oxygen atoms in total.